The lowest BCUT2D eigenvalue weighted by Crippen LogP contribution is -2.66. The van der Waals surface area contributed by atoms with Crippen LogP contribution in [0.5, 0.6) is 5.75 Å². The largest absolute Gasteiger partial charge is 0.510 e. The Kier molecular flexibility index (Phi) is 6.43. The molecular weight excluding hydrogens is 539 g/mol. The van der Waals surface area contributed by atoms with Crippen LogP contribution in [0.1, 0.15) is 41.6 Å². The number of ketones is 2. The molecule has 4 atom stereocenters. The average Bonchev–Trinajstić information content (AvgIpc) is 3.38. The molecule has 2 amide bonds. The van der Waals surface area contributed by atoms with E-state index < -0.39 is 86.7 Å². The molecule has 6 rings (SSSR count). The number of benzene rings is 1. The summed E-state index contributed by atoms with van der Waals surface area (Å²) in [6.07, 6.45) is 2.38. The summed E-state index contributed by atoms with van der Waals surface area (Å²) in [7, 11) is 0. The molecule has 7 N–H and O–H groups in total. The highest BCUT2D eigenvalue weighted by atomic mass is 19.1. The Bertz CT molecular complexity index is 1460. The molecule has 3 aliphatic carbocycles. The van der Waals surface area contributed by atoms with Crippen LogP contribution in [0.4, 0.5) is 10.1 Å². The van der Waals surface area contributed by atoms with Gasteiger partial charge in [-0.15, -0.1) is 0 Å². The van der Waals surface area contributed by atoms with Crippen LogP contribution in [0.15, 0.2) is 28.7 Å². The van der Waals surface area contributed by atoms with E-state index in [0.29, 0.717) is 13.1 Å². The number of hydrogen-bond acceptors (Lipinski definition) is 10. The Balaban J connectivity index is 1.41. The van der Waals surface area contributed by atoms with Crippen molar-refractivity contribution in [1.82, 2.24) is 9.80 Å². The van der Waals surface area contributed by atoms with Gasteiger partial charge < -0.3 is 31.5 Å². The van der Waals surface area contributed by atoms with E-state index in [2.05, 4.69) is 5.32 Å². The molecule has 0 saturated carbocycles. The predicted octanol–water partition coefficient (Wildman–Crippen LogP) is 0.438. The highest BCUT2D eigenvalue weighted by molar-refractivity contribution is 6.25. The van der Waals surface area contributed by atoms with Gasteiger partial charge in [0.1, 0.15) is 22.9 Å². The van der Waals surface area contributed by atoms with E-state index >= 15 is 4.39 Å². The number of allylic oxidation sites excluding steroid dienone is 1. The van der Waals surface area contributed by atoms with E-state index in [9.17, 15) is 39.6 Å². The highest BCUT2D eigenvalue weighted by Crippen LogP contribution is 2.53. The van der Waals surface area contributed by atoms with E-state index in [-0.39, 0.29) is 30.6 Å². The van der Waals surface area contributed by atoms with Crippen molar-refractivity contribution in [3.63, 3.8) is 0 Å². The number of phenolic OH excluding ortho intramolecular Hbond substituents is 1. The van der Waals surface area contributed by atoms with E-state index in [0.717, 1.165) is 38.4 Å². The van der Waals surface area contributed by atoms with Crippen molar-refractivity contribution >= 4 is 29.1 Å². The summed E-state index contributed by atoms with van der Waals surface area (Å²) in [4.78, 5) is 55.6. The molecule has 2 heterocycles. The third kappa shape index (κ3) is 3.97. The minimum Gasteiger partial charge on any atom is -0.510 e. The summed E-state index contributed by atoms with van der Waals surface area (Å²) < 4.78 is 15.4. The zero-order valence-electron chi connectivity index (χ0n) is 22.2. The third-order valence-electron chi connectivity index (χ3n) is 9.24. The van der Waals surface area contributed by atoms with E-state index in [4.69, 9.17) is 5.73 Å². The number of rotatable bonds is 5. The van der Waals surface area contributed by atoms with Gasteiger partial charge in [0, 0.05) is 36.2 Å². The molecule has 1 aromatic rings. The van der Waals surface area contributed by atoms with Gasteiger partial charge >= 0.3 is 0 Å². The van der Waals surface area contributed by atoms with Crippen LogP contribution in [0, 0.1) is 17.7 Å². The fourth-order valence-electron chi connectivity index (χ4n) is 7.14. The molecule has 2 aliphatic heterocycles. The first kappa shape index (κ1) is 27.4. The molecule has 0 aromatic heterocycles. The number of nitrogens with zero attached hydrogens (tertiary/aromatic N) is 2. The minimum absolute atomic E-state index is 0.0252. The second-order valence-corrected chi connectivity index (χ2v) is 11.5. The summed E-state index contributed by atoms with van der Waals surface area (Å²) in [5.74, 6) is -9.34. The first-order chi connectivity index (χ1) is 19.4. The molecule has 0 spiro atoms. The molecule has 0 radical (unpaired) electrons. The van der Waals surface area contributed by atoms with Gasteiger partial charge in [-0.2, -0.15) is 0 Å². The number of amides is 2. The fourth-order valence-corrected chi connectivity index (χ4v) is 7.14. The summed E-state index contributed by atoms with van der Waals surface area (Å²) in [6.45, 7) is 2.46. The quantitative estimate of drug-likeness (QED) is 0.214. The van der Waals surface area contributed by atoms with Crippen LogP contribution in [0.3, 0.4) is 0 Å². The summed E-state index contributed by atoms with van der Waals surface area (Å²) in [6, 6.07) is -0.0989. The number of carbonyl (C=O) groups excluding carboxylic acids is 4. The smallest absolute Gasteiger partial charge is 0.255 e. The van der Waals surface area contributed by atoms with Crippen LogP contribution in [-0.2, 0) is 20.8 Å². The zero-order chi connectivity index (χ0) is 29.4. The molecule has 13 heteroatoms. The molecular formula is C28H31FN4O8. The maximum Gasteiger partial charge on any atom is 0.255 e. The Morgan fingerprint density at radius 1 is 1.10 bits per heavy atom. The maximum absolute atomic E-state index is 15.4. The number of aliphatic hydroxyl groups excluding tert-OH is 2. The standard InChI is InChI=1S/C28H31FN4O8/c29-15-10-16(31-17(34)11-32-4-1-2-5-32)22(35)19-13(15)8-12-9-14-21(33-6-3-7-33)24(37)20(27(30)40)26(39)28(14,41)25(38)18(12)23(19)36/h10,12,14,21,35,37-38,41H,1-9,11H2,(H2,30,40)(H,31,34)/t12-,14-,21-,28-/m0/s1. The van der Waals surface area contributed by atoms with E-state index in [1.54, 1.807) is 4.90 Å². The van der Waals surface area contributed by atoms with Gasteiger partial charge in [0.15, 0.2) is 17.1 Å². The number of anilines is 1. The maximum atomic E-state index is 15.4. The molecule has 2 fully saturated rings. The molecule has 12 nitrogen and oxygen atoms in total. The summed E-state index contributed by atoms with van der Waals surface area (Å²) >= 11 is 0. The second kappa shape index (κ2) is 9.64. The monoisotopic (exact) mass is 570 g/mol. The number of phenols is 1. The van der Waals surface area contributed by atoms with Crippen LogP contribution in [-0.4, -0.2) is 98.0 Å². The Hall–Kier alpha value is -3.81. The van der Waals surface area contributed by atoms with Crippen LogP contribution < -0.4 is 11.1 Å². The fraction of sp³-hybridized carbons (Fsp3) is 0.500. The second-order valence-electron chi connectivity index (χ2n) is 11.5. The van der Waals surface area contributed by atoms with Crippen molar-refractivity contribution < 1.29 is 44.0 Å². The van der Waals surface area contributed by atoms with Crippen LogP contribution >= 0.6 is 0 Å². The van der Waals surface area contributed by atoms with Gasteiger partial charge in [0.05, 0.1) is 23.8 Å². The Morgan fingerprint density at radius 2 is 1.78 bits per heavy atom. The van der Waals surface area contributed by atoms with Crippen molar-refractivity contribution in [2.24, 2.45) is 17.6 Å². The lowest BCUT2D eigenvalue weighted by molar-refractivity contribution is -0.151. The number of aromatic hydroxyl groups is 1. The Morgan fingerprint density at radius 3 is 2.39 bits per heavy atom. The molecule has 5 aliphatic rings. The number of halogens is 1. The molecule has 218 valence electrons. The summed E-state index contributed by atoms with van der Waals surface area (Å²) in [5.41, 5.74) is 0.434. The van der Waals surface area contributed by atoms with Crippen molar-refractivity contribution in [3.8, 4) is 5.75 Å². The Labute approximate surface area is 233 Å². The zero-order valence-corrected chi connectivity index (χ0v) is 22.2. The first-order valence-corrected chi connectivity index (χ1v) is 13.7. The average molecular weight is 571 g/mol. The number of likely N-dealkylation sites (tertiary alicyclic amines) is 2. The normalized spacial score (nSPS) is 30.0. The topological polar surface area (TPSA) is 194 Å². The lowest BCUT2D eigenvalue weighted by atomic mass is 9.58. The number of aliphatic hydroxyl groups is 3. The van der Waals surface area contributed by atoms with Crippen molar-refractivity contribution in [1.29, 1.82) is 0 Å². The van der Waals surface area contributed by atoms with Crippen molar-refractivity contribution in [3.05, 3.63) is 45.7 Å². The predicted molar refractivity (Wildman–Crippen MR) is 140 cm³/mol. The molecule has 0 bridgehead atoms. The van der Waals surface area contributed by atoms with Gasteiger partial charge in [-0.05, 0) is 51.1 Å². The molecule has 41 heavy (non-hydrogen) atoms. The lowest BCUT2D eigenvalue weighted by Gasteiger charge is -2.52. The number of fused-ring (bicyclic) bond motifs is 3. The molecule has 2 saturated heterocycles. The third-order valence-corrected chi connectivity index (χ3v) is 9.24. The van der Waals surface area contributed by atoms with Crippen molar-refractivity contribution in [2.75, 3.05) is 38.0 Å². The number of nitrogens with two attached hydrogens (primary N) is 1. The number of nitrogens with one attached hydrogen (secondary N) is 1. The van der Waals surface area contributed by atoms with Gasteiger partial charge in [-0.25, -0.2) is 4.39 Å². The first-order valence-electron chi connectivity index (χ1n) is 13.7. The minimum atomic E-state index is -2.76. The number of primary amides is 1. The van der Waals surface area contributed by atoms with Gasteiger partial charge in [-0.3, -0.25) is 29.0 Å². The molecule has 0 unspecified atom stereocenters. The number of hydrogen-bond donors (Lipinski definition) is 6. The number of Topliss-reactive ketones (excluding diaryl/α,β-unsaturated/α-hetero) is 2. The van der Waals surface area contributed by atoms with Crippen molar-refractivity contribution in [2.45, 2.75) is 43.7 Å². The van der Waals surface area contributed by atoms with Gasteiger partial charge in [0.2, 0.25) is 11.7 Å². The number of carbonyl (C=O) groups is 4. The SMILES string of the molecule is NC(=O)C1=C(O)[C@@H](N2CCC2)[C@@H]2C[C@@H]3Cc4c(F)cc(NC(=O)CN5CCCC5)c(O)c4C(=O)C3=C(O)[C@]2(O)C1=O. The van der Waals surface area contributed by atoms with Crippen LogP contribution in [0.2, 0.25) is 0 Å². The van der Waals surface area contributed by atoms with E-state index in [1.165, 1.54) is 0 Å². The molecule has 1 aromatic carbocycles. The van der Waals surface area contributed by atoms with Gasteiger partial charge in [-0.1, -0.05) is 0 Å². The van der Waals surface area contributed by atoms with Crippen LogP contribution in [0.25, 0.3) is 0 Å². The highest BCUT2D eigenvalue weighted by Gasteiger charge is 2.64. The summed E-state index contributed by atoms with van der Waals surface area (Å²) in [5, 5.41) is 47.5. The van der Waals surface area contributed by atoms with E-state index in [1.807, 2.05) is 4.90 Å². The van der Waals surface area contributed by atoms with Gasteiger partial charge in [0.25, 0.3) is 5.91 Å².